The van der Waals surface area contributed by atoms with Crippen LogP contribution in [0, 0.1) is 13.8 Å². The lowest BCUT2D eigenvalue weighted by Crippen LogP contribution is -2.23. The van der Waals surface area contributed by atoms with Gasteiger partial charge in [0.15, 0.2) is 0 Å². The molecule has 0 spiro atoms. The fraction of sp³-hybridized carbons (Fsp3) is 0.562. The van der Waals surface area contributed by atoms with Crippen molar-refractivity contribution in [2.75, 3.05) is 6.54 Å². The molecule has 3 rings (SSSR count). The Labute approximate surface area is 120 Å². The molecule has 0 saturated carbocycles. The Morgan fingerprint density at radius 2 is 2.25 bits per heavy atom. The van der Waals surface area contributed by atoms with Crippen LogP contribution in [0.3, 0.4) is 0 Å². The maximum Gasteiger partial charge on any atom is 0.138 e. The molecule has 4 nitrogen and oxygen atoms in total. The van der Waals surface area contributed by atoms with E-state index in [1.54, 1.807) is 0 Å². The molecule has 20 heavy (non-hydrogen) atoms. The molecule has 0 bridgehead atoms. The third kappa shape index (κ3) is 2.40. The second-order valence-corrected chi connectivity index (χ2v) is 5.72. The summed E-state index contributed by atoms with van der Waals surface area (Å²) in [6.07, 6.45) is 8.32. The average Bonchev–Trinajstić information content (AvgIpc) is 2.98. The van der Waals surface area contributed by atoms with Gasteiger partial charge in [-0.05, 0) is 50.8 Å². The summed E-state index contributed by atoms with van der Waals surface area (Å²) in [5.74, 6) is 0.928. The Bertz CT molecular complexity index is 577. The number of aryl methyl sites for hydroxylation is 3. The van der Waals surface area contributed by atoms with Crippen LogP contribution in [0.5, 0.6) is 0 Å². The van der Waals surface area contributed by atoms with Crippen LogP contribution in [-0.2, 0) is 13.0 Å². The zero-order valence-corrected chi connectivity index (χ0v) is 12.6. The molecule has 1 atom stereocenters. The minimum Gasteiger partial charge on any atom is -0.361 e. The van der Waals surface area contributed by atoms with Gasteiger partial charge in [0, 0.05) is 24.0 Å². The van der Waals surface area contributed by atoms with Crippen molar-refractivity contribution in [2.24, 2.45) is 0 Å². The highest BCUT2D eigenvalue weighted by atomic mass is 16.5. The van der Waals surface area contributed by atoms with E-state index < -0.39 is 0 Å². The van der Waals surface area contributed by atoms with E-state index in [0.717, 1.165) is 24.5 Å². The molecule has 0 aliphatic heterocycles. The van der Waals surface area contributed by atoms with Crippen LogP contribution in [0.2, 0.25) is 0 Å². The molecule has 108 valence electrons. The number of hydrogen-bond donors (Lipinski definition) is 1. The van der Waals surface area contributed by atoms with Gasteiger partial charge in [-0.2, -0.15) is 0 Å². The van der Waals surface area contributed by atoms with Crippen molar-refractivity contribution in [1.29, 1.82) is 0 Å². The molecule has 0 aromatic carbocycles. The van der Waals surface area contributed by atoms with Crippen LogP contribution in [0.1, 0.15) is 54.0 Å². The molecule has 4 heteroatoms. The molecule has 1 aliphatic carbocycles. The first-order valence-electron chi connectivity index (χ1n) is 7.52. The summed E-state index contributed by atoms with van der Waals surface area (Å²) in [4.78, 5) is 0. The first-order valence-corrected chi connectivity index (χ1v) is 7.52. The smallest absolute Gasteiger partial charge is 0.138 e. The van der Waals surface area contributed by atoms with Gasteiger partial charge in [-0.3, -0.25) is 0 Å². The predicted octanol–water partition coefficient (Wildman–Crippen LogP) is 3.13. The molecule has 1 N–H and O–H groups in total. The Morgan fingerprint density at radius 3 is 2.95 bits per heavy atom. The molecular formula is C16H23N3O. The second-order valence-electron chi connectivity index (χ2n) is 5.72. The summed E-state index contributed by atoms with van der Waals surface area (Å²) in [5.41, 5.74) is 5.17. The average molecular weight is 273 g/mol. The topological polar surface area (TPSA) is 43.0 Å². The van der Waals surface area contributed by atoms with Gasteiger partial charge in [0.2, 0.25) is 0 Å². The van der Waals surface area contributed by atoms with Crippen LogP contribution < -0.4 is 5.32 Å². The first-order chi connectivity index (χ1) is 9.69. The molecular weight excluding hydrogens is 250 g/mol. The summed E-state index contributed by atoms with van der Waals surface area (Å²) in [6, 6.07) is 0.523. The van der Waals surface area contributed by atoms with Gasteiger partial charge in [-0.1, -0.05) is 12.1 Å². The quantitative estimate of drug-likeness (QED) is 0.930. The van der Waals surface area contributed by atoms with Gasteiger partial charge >= 0.3 is 0 Å². The number of fused-ring (bicyclic) bond motifs is 1. The van der Waals surface area contributed by atoms with E-state index in [0.29, 0.717) is 6.04 Å². The van der Waals surface area contributed by atoms with E-state index in [1.807, 2.05) is 13.8 Å². The lowest BCUT2D eigenvalue weighted by atomic mass is 9.91. The van der Waals surface area contributed by atoms with Gasteiger partial charge in [0.05, 0.1) is 12.2 Å². The van der Waals surface area contributed by atoms with Gasteiger partial charge in [0.1, 0.15) is 5.76 Å². The summed E-state index contributed by atoms with van der Waals surface area (Å²) >= 11 is 0. The van der Waals surface area contributed by atoms with Crippen LogP contribution in [0.4, 0.5) is 0 Å². The summed E-state index contributed by atoms with van der Waals surface area (Å²) in [6.45, 7) is 8.05. The maximum atomic E-state index is 5.25. The Morgan fingerprint density at radius 1 is 1.40 bits per heavy atom. The minimum atomic E-state index is 0.523. The predicted molar refractivity (Wildman–Crippen MR) is 78.9 cm³/mol. The van der Waals surface area contributed by atoms with E-state index in [1.165, 1.54) is 36.0 Å². The van der Waals surface area contributed by atoms with E-state index >= 15 is 0 Å². The number of nitrogens with one attached hydrogen (secondary N) is 1. The number of nitrogens with zero attached hydrogens (tertiary/aromatic N) is 2. The van der Waals surface area contributed by atoms with Gasteiger partial charge in [-0.15, -0.1) is 0 Å². The SMILES string of the molecule is CCNC1CCCc2cn(Cc3c(C)noc3C)cc21. The van der Waals surface area contributed by atoms with Crippen molar-refractivity contribution >= 4 is 0 Å². The van der Waals surface area contributed by atoms with Gasteiger partial charge in [0.25, 0.3) is 0 Å². The van der Waals surface area contributed by atoms with Crippen molar-refractivity contribution in [3.05, 3.63) is 40.5 Å². The van der Waals surface area contributed by atoms with E-state index in [2.05, 4.69) is 34.4 Å². The summed E-state index contributed by atoms with van der Waals surface area (Å²) < 4.78 is 7.54. The zero-order chi connectivity index (χ0) is 14.1. The van der Waals surface area contributed by atoms with E-state index in [-0.39, 0.29) is 0 Å². The van der Waals surface area contributed by atoms with Crippen molar-refractivity contribution in [2.45, 2.75) is 52.6 Å². The molecule has 1 aliphatic rings. The molecule has 2 aromatic rings. The molecule has 1 unspecified atom stereocenters. The molecule has 0 amide bonds. The summed E-state index contributed by atoms with van der Waals surface area (Å²) in [7, 11) is 0. The van der Waals surface area contributed by atoms with Crippen molar-refractivity contribution in [3.63, 3.8) is 0 Å². The minimum absolute atomic E-state index is 0.523. The maximum absolute atomic E-state index is 5.25. The normalized spacial score (nSPS) is 18.2. The molecule has 0 radical (unpaired) electrons. The van der Waals surface area contributed by atoms with Crippen LogP contribution in [-0.4, -0.2) is 16.3 Å². The highest BCUT2D eigenvalue weighted by Gasteiger charge is 2.21. The summed E-state index contributed by atoms with van der Waals surface area (Å²) in [5, 5.41) is 7.63. The Hall–Kier alpha value is -1.55. The lowest BCUT2D eigenvalue weighted by molar-refractivity contribution is 0.392. The highest BCUT2D eigenvalue weighted by Crippen LogP contribution is 2.31. The Balaban J connectivity index is 1.86. The largest absolute Gasteiger partial charge is 0.361 e. The standard InChI is InChI=1S/C16H23N3O/c1-4-17-16-7-5-6-13-8-19(10-15(13)16)9-14-11(2)18-20-12(14)3/h8,10,16-17H,4-7,9H2,1-3H3. The van der Waals surface area contributed by atoms with Crippen LogP contribution in [0.15, 0.2) is 16.9 Å². The van der Waals surface area contributed by atoms with Gasteiger partial charge in [-0.25, -0.2) is 0 Å². The van der Waals surface area contributed by atoms with Gasteiger partial charge < -0.3 is 14.4 Å². The van der Waals surface area contributed by atoms with Crippen molar-refractivity contribution in [3.8, 4) is 0 Å². The monoisotopic (exact) mass is 273 g/mol. The molecule has 0 fully saturated rings. The number of hydrogen-bond acceptors (Lipinski definition) is 3. The highest BCUT2D eigenvalue weighted by molar-refractivity contribution is 5.31. The van der Waals surface area contributed by atoms with Crippen molar-refractivity contribution < 1.29 is 4.52 Å². The second kappa shape index (κ2) is 5.44. The number of rotatable bonds is 4. The molecule has 2 aromatic heterocycles. The molecule has 2 heterocycles. The van der Waals surface area contributed by atoms with Crippen LogP contribution >= 0.6 is 0 Å². The van der Waals surface area contributed by atoms with Crippen LogP contribution in [0.25, 0.3) is 0 Å². The fourth-order valence-corrected chi connectivity index (χ4v) is 3.21. The zero-order valence-electron chi connectivity index (χ0n) is 12.6. The van der Waals surface area contributed by atoms with Crippen molar-refractivity contribution in [1.82, 2.24) is 15.0 Å². The third-order valence-corrected chi connectivity index (χ3v) is 4.28. The third-order valence-electron chi connectivity index (χ3n) is 4.28. The fourth-order valence-electron chi connectivity index (χ4n) is 3.21. The molecule has 0 saturated heterocycles. The lowest BCUT2D eigenvalue weighted by Gasteiger charge is -2.22. The van der Waals surface area contributed by atoms with E-state index in [9.17, 15) is 0 Å². The number of aromatic nitrogens is 2. The first kappa shape index (κ1) is 13.4. The Kier molecular flexibility index (Phi) is 3.66. The van der Waals surface area contributed by atoms with E-state index in [4.69, 9.17) is 4.52 Å².